The number of para-hydroxylation sites is 2. The van der Waals surface area contributed by atoms with Gasteiger partial charge in [-0.05, 0) is 29.8 Å². The van der Waals surface area contributed by atoms with Crippen molar-refractivity contribution in [2.24, 2.45) is 0 Å². The van der Waals surface area contributed by atoms with Crippen LogP contribution in [0.5, 0.6) is 11.5 Å². The first-order valence-electron chi connectivity index (χ1n) is 6.42. The fourth-order valence-corrected chi connectivity index (χ4v) is 1.85. The second kappa shape index (κ2) is 6.74. The van der Waals surface area contributed by atoms with E-state index in [1.54, 1.807) is 36.4 Å². The zero-order valence-electron chi connectivity index (χ0n) is 11.9. The van der Waals surface area contributed by atoms with Gasteiger partial charge < -0.3 is 14.8 Å². The van der Waals surface area contributed by atoms with Crippen LogP contribution < -0.4 is 14.8 Å². The second-order valence-electron chi connectivity index (χ2n) is 4.43. The van der Waals surface area contributed by atoms with Gasteiger partial charge in [0.2, 0.25) is 5.91 Å². The highest BCUT2D eigenvalue weighted by Gasteiger charge is 2.07. The lowest BCUT2D eigenvalue weighted by molar-refractivity contribution is -0.114. The van der Waals surface area contributed by atoms with E-state index in [9.17, 15) is 9.18 Å². The van der Waals surface area contributed by atoms with Gasteiger partial charge in [0.1, 0.15) is 12.4 Å². The Balaban J connectivity index is 2.09. The van der Waals surface area contributed by atoms with Crippen LogP contribution in [-0.4, -0.2) is 13.0 Å². The van der Waals surface area contributed by atoms with Crippen LogP contribution >= 0.6 is 0 Å². The summed E-state index contributed by atoms with van der Waals surface area (Å²) >= 11 is 0. The summed E-state index contributed by atoms with van der Waals surface area (Å²) in [6, 6.07) is 11.7. The number of nitrogens with one attached hydrogen (secondary N) is 1. The molecule has 0 aliphatic carbocycles. The highest BCUT2D eigenvalue weighted by Crippen LogP contribution is 2.25. The number of amides is 1. The maximum atomic E-state index is 13.6. The normalized spacial score (nSPS) is 10.0. The predicted molar refractivity (Wildman–Crippen MR) is 78.0 cm³/mol. The van der Waals surface area contributed by atoms with Crippen molar-refractivity contribution < 1.29 is 18.7 Å². The van der Waals surface area contributed by atoms with Gasteiger partial charge in [-0.3, -0.25) is 4.79 Å². The monoisotopic (exact) mass is 289 g/mol. The van der Waals surface area contributed by atoms with Crippen LogP contribution in [0.4, 0.5) is 10.1 Å². The molecule has 0 aliphatic rings. The number of carbonyl (C=O) groups excluding carboxylic acids is 1. The molecule has 0 radical (unpaired) electrons. The van der Waals surface area contributed by atoms with Crippen molar-refractivity contribution in [2.45, 2.75) is 13.5 Å². The molecule has 2 aromatic rings. The van der Waals surface area contributed by atoms with E-state index in [-0.39, 0.29) is 18.3 Å². The smallest absolute Gasteiger partial charge is 0.221 e. The number of halogens is 1. The maximum Gasteiger partial charge on any atom is 0.221 e. The summed E-state index contributed by atoms with van der Waals surface area (Å²) in [4.78, 5) is 11.1. The number of benzene rings is 2. The van der Waals surface area contributed by atoms with Crippen LogP contribution in [-0.2, 0) is 11.4 Å². The Labute approximate surface area is 122 Å². The van der Waals surface area contributed by atoms with E-state index in [1.807, 2.05) is 0 Å². The van der Waals surface area contributed by atoms with Crippen molar-refractivity contribution in [3.05, 3.63) is 53.8 Å². The molecule has 5 heteroatoms. The Morgan fingerprint density at radius 2 is 1.95 bits per heavy atom. The van der Waals surface area contributed by atoms with Crippen LogP contribution in [0.2, 0.25) is 0 Å². The third-order valence-corrected chi connectivity index (χ3v) is 2.81. The average Bonchev–Trinajstić information content (AvgIpc) is 2.46. The molecule has 0 saturated heterocycles. The van der Waals surface area contributed by atoms with Gasteiger partial charge in [-0.15, -0.1) is 0 Å². The highest BCUT2D eigenvalue weighted by molar-refractivity contribution is 5.90. The summed E-state index contributed by atoms with van der Waals surface area (Å²) in [5.41, 5.74) is 1.25. The summed E-state index contributed by atoms with van der Waals surface area (Å²) in [7, 11) is 1.41. The van der Waals surface area contributed by atoms with Crippen molar-refractivity contribution >= 4 is 11.6 Å². The first-order valence-corrected chi connectivity index (χ1v) is 6.42. The number of hydrogen-bond acceptors (Lipinski definition) is 3. The summed E-state index contributed by atoms with van der Waals surface area (Å²) < 4.78 is 24.1. The van der Waals surface area contributed by atoms with Gasteiger partial charge in [-0.25, -0.2) is 4.39 Å². The quantitative estimate of drug-likeness (QED) is 0.918. The Morgan fingerprint density at radius 1 is 1.19 bits per heavy atom. The molecule has 0 aromatic heterocycles. The minimum atomic E-state index is -0.436. The van der Waals surface area contributed by atoms with Gasteiger partial charge >= 0.3 is 0 Å². The molecule has 0 spiro atoms. The number of carbonyl (C=O) groups is 1. The van der Waals surface area contributed by atoms with E-state index in [0.29, 0.717) is 17.0 Å². The molecule has 2 aromatic carbocycles. The van der Waals surface area contributed by atoms with Crippen LogP contribution in [0.1, 0.15) is 12.5 Å². The molecule has 21 heavy (non-hydrogen) atoms. The molecule has 0 saturated carbocycles. The largest absolute Gasteiger partial charge is 0.494 e. The zero-order valence-corrected chi connectivity index (χ0v) is 11.9. The SMILES string of the molecule is COc1ccc(COc2ccccc2NC(C)=O)cc1F. The Kier molecular flexibility index (Phi) is 4.77. The Bertz CT molecular complexity index is 643. The summed E-state index contributed by atoms with van der Waals surface area (Å²) in [6.45, 7) is 1.62. The van der Waals surface area contributed by atoms with E-state index in [2.05, 4.69) is 5.32 Å². The van der Waals surface area contributed by atoms with Crippen LogP contribution in [0.25, 0.3) is 0 Å². The Hall–Kier alpha value is -2.56. The molecule has 2 rings (SSSR count). The fraction of sp³-hybridized carbons (Fsp3) is 0.188. The first kappa shape index (κ1) is 14.8. The van der Waals surface area contributed by atoms with Crippen LogP contribution in [0, 0.1) is 5.82 Å². The number of hydrogen-bond donors (Lipinski definition) is 1. The molecule has 4 nitrogen and oxygen atoms in total. The summed E-state index contributed by atoms with van der Waals surface area (Å²) in [5, 5.41) is 2.68. The predicted octanol–water partition coefficient (Wildman–Crippen LogP) is 3.37. The van der Waals surface area contributed by atoms with E-state index < -0.39 is 5.82 Å². The lowest BCUT2D eigenvalue weighted by Gasteiger charge is -2.12. The van der Waals surface area contributed by atoms with Gasteiger partial charge in [0.05, 0.1) is 12.8 Å². The maximum absolute atomic E-state index is 13.6. The fourth-order valence-electron chi connectivity index (χ4n) is 1.85. The number of anilines is 1. The average molecular weight is 289 g/mol. The van der Waals surface area contributed by atoms with Gasteiger partial charge in [-0.2, -0.15) is 0 Å². The zero-order chi connectivity index (χ0) is 15.2. The molecule has 1 amide bonds. The van der Waals surface area contributed by atoms with Crippen molar-refractivity contribution in [1.29, 1.82) is 0 Å². The summed E-state index contributed by atoms with van der Waals surface area (Å²) in [6.07, 6.45) is 0. The topological polar surface area (TPSA) is 47.6 Å². The Morgan fingerprint density at radius 3 is 2.62 bits per heavy atom. The molecule has 1 N–H and O–H groups in total. The molecule has 0 unspecified atom stereocenters. The number of methoxy groups -OCH3 is 1. The van der Waals surface area contributed by atoms with Crippen LogP contribution in [0.3, 0.4) is 0 Å². The van der Waals surface area contributed by atoms with Crippen molar-refractivity contribution in [3.8, 4) is 11.5 Å². The summed E-state index contributed by atoms with van der Waals surface area (Å²) in [5.74, 6) is 0.108. The van der Waals surface area contributed by atoms with Gasteiger partial charge in [-0.1, -0.05) is 18.2 Å². The van der Waals surface area contributed by atoms with Crippen LogP contribution in [0.15, 0.2) is 42.5 Å². The van der Waals surface area contributed by atoms with E-state index >= 15 is 0 Å². The standard InChI is InChI=1S/C16H16FNO3/c1-11(19)18-14-5-3-4-6-16(14)21-10-12-7-8-15(20-2)13(17)9-12/h3-9H,10H2,1-2H3,(H,18,19). The molecule has 110 valence electrons. The minimum Gasteiger partial charge on any atom is -0.494 e. The van der Waals surface area contributed by atoms with Crippen molar-refractivity contribution in [3.63, 3.8) is 0 Å². The van der Waals surface area contributed by atoms with E-state index in [0.717, 1.165) is 0 Å². The molecule has 0 heterocycles. The molecule has 0 aliphatic heterocycles. The van der Waals surface area contributed by atoms with Gasteiger partial charge in [0.15, 0.2) is 11.6 Å². The number of rotatable bonds is 5. The molecule has 0 atom stereocenters. The van der Waals surface area contributed by atoms with Crippen molar-refractivity contribution in [2.75, 3.05) is 12.4 Å². The molecule has 0 bridgehead atoms. The lowest BCUT2D eigenvalue weighted by atomic mass is 10.2. The van der Waals surface area contributed by atoms with Gasteiger partial charge in [0.25, 0.3) is 0 Å². The van der Waals surface area contributed by atoms with E-state index in [1.165, 1.54) is 20.1 Å². The lowest BCUT2D eigenvalue weighted by Crippen LogP contribution is -2.07. The third kappa shape index (κ3) is 3.95. The van der Waals surface area contributed by atoms with Crippen molar-refractivity contribution in [1.82, 2.24) is 0 Å². The second-order valence-corrected chi connectivity index (χ2v) is 4.43. The molecular formula is C16H16FNO3. The molecule has 0 fully saturated rings. The van der Waals surface area contributed by atoms with E-state index in [4.69, 9.17) is 9.47 Å². The highest BCUT2D eigenvalue weighted by atomic mass is 19.1. The van der Waals surface area contributed by atoms with Gasteiger partial charge in [0, 0.05) is 6.92 Å². The number of ether oxygens (including phenoxy) is 2. The first-order chi connectivity index (χ1) is 10.1. The minimum absolute atomic E-state index is 0.179. The molecular weight excluding hydrogens is 273 g/mol. The third-order valence-electron chi connectivity index (χ3n) is 2.81.